The third-order valence-electron chi connectivity index (χ3n) is 2.11. The van der Waals surface area contributed by atoms with E-state index < -0.39 is 0 Å². The predicted molar refractivity (Wildman–Crippen MR) is 59.6 cm³/mol. The fourth-order valence-electron chi connectivity index (χ4n) is 1.22. The maximum atomic E-state index is 8.42. The molecule has 0 spiro atoms. The van der Waals surface area contributed by atoms with Crippen molar-refractivity contribution in [3.63, 3.8) is 0 Å². The van der Waals surface area contributed by atoms with Crippen LogP contribution in [0.1, 0.15) is 30.9 Å². The Kier molecular flexibility index (Phi) is 3.30. The Morgan fingerprint density at radius 3 is 2.71 bits per heavy atom. The van der Waals surface area contributed by atoms with E-state index in [1.807, 2.05) is 24.3 Å². The Labute approximate surface area is 84.7 Å². The van der Waals surface area contributed by atoms with Gasteiger partial charge in [-0.15, -0.1) is 0 Å². The topological polar surface area (TPSA) is 49.8 Å². The Balaban J connectivity index is 3.10. The molecule has 0 unspecified atom stereocenters. The van der Waals surface area contributed by atoms with Crippen molar-refractivity contribution < 1.29 is 0 Å². The summed E-state index contributed by atoms with van der Waals surface area (Å²) >= 11 is 0. The van der Waals surface area contributed by atoms with Crippen LogP contribution in [-0.2, 0) is 0 Å². The third kappa shape index (κ3) is 2.37. The summed E-state index contributed by atoms with van der Waals surface area (Å²) in [5.41, 5.74) is 8.63. The van der Waals surface area contributed by atoms with Gasteiger partial charge in [0.15, 0.2) is 0 Å². The van der Waals surface area contributed by atoms with Gasteiger partial charge in [0, 0.05) is 11.8 Å². The van der Waals surface area contributed by atoms with E-state index in [1.54, 1.807) is 6.08 Å². The first-order valence-corrected chi connectivity index (χ1v) is 4.60. The quantitative estimate of drug-likeness (QED) is 0.570. The molecule has 0 aliphatic heterocycles. The fourth-order valence-corrected chi connectivity index (χ4v) is 1.22. The molecule has 0 atom stereocenters. The lowest BCUT2D eigenvalue weighted by Gasteiger charge is -2.07. The zero-order chi connectivity index (χ0) is 10.6. The lowest BCUT2D eigenvalue weighted by Crippen LogP contribution is -1.93. The molecule has 72 valence electrons. The van der Waals surface area contributed by atoms with Crippen molar-refractivity contribution in [2.75, 3.05) is 5.73 Å². The molecular formula is C12H14N2. The van der Waals surface area contributed by atoms with E-state index in [0.717, 1.165) is 5.56 Å². The molecule has 2 heteroatoms. The van der Waals surface area contributed by atoms with Gasteiger partial charge in [-0.1, -0.05) is 19.9 Å². The van der Waals surface area contributed by atoms with Crippen LogP contribution < -0.4 is 5.73 Å². The highest BCUT2D eigenvalue weighted by atomic mass is 14.6. The molecule has 0 saturated carbocycles. The molecule has 2 N–H and O–H groups in total. The number of anilines is 1. The number of benzene rings is 1. The smallest absolute Gasteiger partial charge is 0.0912 e. The molecule has 0 aromatic heterocycles. The van der Waals surface area contributed by atoms with Crippen LogP contribution in [-0.4, -0.2) is 0 Å². The fraction of sp³-hybridized carbons (Fsp3) is 0.250. The molecule has 0 aliphatic rings. The second-order valence-electron chi connectivity index (χ2n) is 3.51. The molecule has 0 saturated heterocycles. The van der Waals surface area contributed by atoms with Crippen molar-refractivity contribution in [3.8, 4) is 6.07 Å². The van der Waals surface area contributed by atoms with Crippen LogP contribution >= 0.6 is 0 Å². The molecule has 14 heavy (non-hydrogen) atoms. The van der Waals surface area contributed by atoms with Gasteiger partial charge in [0.25, 0.3) is 0 Å². The van der Waals surface area contributed by atoms with Crippen LogP contribution in [0.5, 0.6) is 0 Å². The van der Waals surface area contributed by atoms with E-state index in [-0.39, 0.29) is 0 Å². The first kappa shape index (κ1) is 10.3. The molecule has 0 bridgehead atoms. The Morgan fingerprint density at radius 1 is 1.43 bits per heavy atom. The van der Waals surface area contributed by atoms with Crippen molar-refractivity contribution in [1.82, 2.24) is 0 Å². The molecule has 0 amide bonds. The molecule has 1 aromatic carbocycles. The lowest BCUT2D eigenvalue weighted by atomic mass is 9.99. The third-order valence-corrected chi connectivity index (χ3v) is 2.11. The molecule has 0 radical (unpaired) electrons. The summed E-state index contributed by atoms with van der Waals surface area (Å²) in [4.78, 5) is 0. The standard InChI is InChI=1S/C12H14N2/c1-9(2)10-5-6-12(14)11(8-10)4-3-7-13/h3-6,8-9H,14H2,1-2H3. The highest BCUT2D eigenvalue weighted by molar-refractivity contribution is 5.66. The number of nitrogens with two attached hydrogens (primary N) is 1. The van der Waals surface area contributed by atoms with Gasteiger partial charge in [-0.2, -0.15) is 5.26 Å². The maximum absolute atomic E-state index is 8.42. The zero-order valence-corrected chi connectivity index (χ0v) is 8.49. The molecule has 0 heterocycles. The summed E-state index contributed by atoms with van der Waals surface area (Å²) in [7, 11) is 0. The van der Waals surface area contributed by atoms with Crippen LogP contribution in [0.2, 0.25) is 0 Å². The minimum atomic E-state index is 0.477. The summed E-state index contributed by atoms with van der Waals surface area (Å²) in [6, 6.07) is 7.88. The van der Waals surface area contributed by atoms with Gasteiger partial charge in [0.2, 0.25) is 0 Å². The number of nitriles is 1. The minimum absolute atomic E-state index is 0.477. The average Bonchev–Trinajstić information content (AvgIpc) is 2.16. The van der Waals surface area contributed by atoms with Crippen LogP contribution in [0.3, 0.4) is 0 Å². The molecule has 1 rings (SSSR count). The lowest BCUT2D eigenvalue weighted by molar-refractivity contribution is 0.866. The highest BCUT2D eigenvalue weighted by Crippen LogP contribution is 2.21. The van der Waals surface area contributed by atoms with E-state index >= 15 is 0 Å². The SMILES string of the molecule is CC(C)c1ccc(N)c(C=CC#N)c1. The van der Waals surface area contributed by atoms with Gasteiger partial charge in [0.05, 0.1) is 6.07 Å². The van der Waals surface area contributed by atoms with Gasteiger partial charge in [-0.3, -0.25) is 0 Å². The molecule has 2 nitrogen and oxygen atoms in total. The van der Waals surface area contributed by atoms with Crippen molar-refractivity contribution in [3.05, 3.63) is 35.4 Å². The van der Waals surface area contributed by atoms with Crippen molar-refractivity contribution in [2.45, 2.75) is 19.8 Å². The van der Waals surface area contributed by atoms with Crippen molar-refractivity contribution in [1.29, 1.82) is 5.26 Å². The number of rotatable bonds is 2. The monoisotopic (exact) mass is 186 g/mol. The predicted octanol–water partition coefficient (Wildman–Crippen LogP) is 2.93. The minimum Gasteiger partial charge on any atom is -0.398 e. The van der Waals surface area contributed by atoms with E-state index in [1.165, 1.54) is 11.6 Å². The number of nitrogens with zero attached hydrogens (tertiary/aromatic N) is 1. The average molecular weight is 186 g/mol. The van der Waals surface area contributed by atoms with E-state index in [0.29, 0.717) is 11.6 Å². The van der Waals surface area contributed by atoms with Gasteiger partial charge >= 0.3 is 0 Å². The van der Waals surface area contributed by atoms with Gasteiger partial charge in [-0.05, 0) is 35.3 Å². The van der Waals surface area contributed by atoms with E-state index in [2.05, 4.69) is 13.8 Å². The summed E-state index contributed by atoms with van der Waals surface area (Å²) in [6.45, 7) is 4.26. The van der Waals surface area contributed by atoms with Crippen LogP contribution in [0.4, 0.5) is 5.69 Å². The second-order valence-corrected chi connectivity index (χ2v) is 3.51. The highest BCUT2D eigenvalue weighted by Gasteiger charge is 2.01. The van der Waals surface area contributed by atoms with Crippen molar-refractivity contribution >= 4 is 11.8 Å². The second kappa shape index (κ2) is 4.48. The summed E-state index contributed by atoms with van der Waals surface area (Å²) in [5.74, 6) is 0.477. The Morgan fingerprint density at radius 2 is 2.14 bits per heavy atom. The normalized spacial score (nSPS) is 10.7. The first-order chi connectivity index (χ1) is 6.65. The van der Waals surface area contributed by atoms with Gasteiger partial charge < -0.3 is 5.73 Å². The van der Waals surface area contributed by atoms with Crippen molar-refractivity contribution in [2.24, 2.45) is 0 Å². The largest absolute Gasteiger partial charge is 0.398 e. The number of allylic oxidation sites excluding steroid dienone is 1. The number of hydrogen-bond donors (Lipinski definition) is 1. The summed E-state index contributed by atoms with van der Waals surface area (Å²) in [6.07, 6.45) is 3.18. The Bertz CT molecular complexity index is 384. The molecule has 1 aromatic rings. The summed E-state index contributed by atoms with van der Waals surface area (Å²) < 4.78 is 0. The Hall–Kier alpha value is -1.75. The van der Waals surface area contributed by atoms with Gasteiger partial charge in [0.1, 0.15) is 0 Å². The molecule has 0 aliphatic carbocycles. The summed E-state index contributed by atoms with van der Waals surface area (Å²) in [5, 5.41) is 8.42. The zero-order valence-electron chi connectivity index (χ0n) is 8.49. The van der Waals surface area contributed by atoms with E-state index in [4.69, 9.17) is 11.0 Å². The number of hydrogen-bond acceptors (Lipinski definition) is 2. The number of nitrogen functional groups attached to an aromatic ring is 1. The van der Waals surface area contributed by atoms with Crippen LogP contribution in [0.15, 0.2) is 24.3 Å². The molecule has 0 fully saturated rings. The molecular weight excluding hydrogens is 172 g/mol. The maximum Gasteiger partial charge on any atom is 0.0912 e. The van der Waals surface area contributed by atoms with Crippen LogP contribution in [0.25, 0.3) is 6.08 Å². The van der Waals surface area contributed by atoms with E-state index in [9.17, 15) is 0 Å². The van der Waals surface area contributed by atoms with Gasteiger partial charge in [-0.25, -0.2) is 0 Å². The van der Waals surface area contributed by atoms with Crippen LogP contribution in [0, 0.1) is 11.3 Å². The first-order valence-electron chi connectivity index (χ1n) is 4.60.